The van der Waals surface area contributed by atoms with Crippen LogP contribution in [0.5, 0.6) is 0 Å². The Labute approximate surface area is 110 Å². The van der Waals surface area contributed by atoms with Crippen molar-refractivity contribution in [2.75, 3.05) is 0 Å². The van der Waals surface area contributed by atoms with Gasteiger partial charge in [0.2, 0.25) is 0 Å². The monoisotopic (exact) mass is 244 g/mol. The van der Waals surface area contributed by atoms with E-state index in [-0.39, 0.29) is 0 Å². The molecule has 0 spiro atoms. The maximum atomic E-state index is 4.08. The van der Waals surface area contributed by atoms with E-state index < -0.39 is 0 Å². The van der Waals surface area contributed by atoms with Crippen LogP contribution in [0.4, 0.5) is 0 Å². The summed E-state index contributed by atoms with van der Waals surface area (Å²) < 4.78 is 0. The van der Waals surface area contributed by atoms with Crippen molar-refractivity contribution in [2.45, 2.75) is 31.6 Å². The molecule has 0 aromatic heterocycles. The van der Waals surface area contributed by atoms with E-state index in [0.29, 0.717) is 0 Å². The van der Waals surface area contributed by atoms with Crippen molar-refractivity contribution in [3.05, 3.63) is 65.7 Å². The van der Waals surface area contributed by atoms with Crippen LogP contribution in [-0.4, -0.2) is 0 Å². The largest absolute Gasteiger partial charge is 0.143 e. The van der Waals surface area contributed by atoms with E-state index in [4.69, 9.17) is 0 Å². The maximum Gasteiger partial charge on any atom is 0.00399 e. The zero-order valence-electron chi connectivity index (χ0n) is 10.6. The molecule has 2 aromatic carbocycles. The molecule has 0 saturated heterocycles. The summed E-state index contributed by atoms with van der Waals surface area (Å²) in [6.07, 6.45) is 2.29. The fourth-order valence-electron chi connectivity index (χ4n) is 1.50. The minimum Gasteiger partial charge on any atom is -0.143 e. The number of hydrogen-bond donors (Lipinski definition) is 1. The zero-order chi connectivity index (χ0) is 12.5. The number of aryl methyl sites for hydroxylation is 2. The van der Waals surface area contributed by atoms with Crippen LogP contribution in [0.1, 0.15) is 25.0 Å². The average molecular weight is 244 g/mol. The molecule has 0 aliphatic heterocycles. The van der Waals surface area contributed by atoms with E-state index >= 15 is 0 Å². The van der Waals surface area contributed by atoms with Crippen molar-refractivity contribution in [3.63, 3.8) is 0 Å². The highest BCUT2D eigenvalue weighted by atomic mass is 32.1. The molecule has 1 heteroatoms. The lowest BCUT2D eigenvalue weighted by Crippen LogP contribution is -1.83. The molecular weight excluding hydrogens is 224 g/mol. The minimum absolute atomic E-state index is 1.02. The van der Waals surface area contributed by atoms with Gasteiger partial charge >= 0.3 is 0 Å². The highest BCUT2D eigenvalue weighted by molar-refractivity contribution is 7.80. The molecule has 2 aromatic rings. The zero-order valence-corrected chi connectivity index (χ0v) is 11.5. The molecule has 0 unspecified atom stereocenters. The van der Waals surface area contributed by atoms with Gasteiger partial charge in [-0.25, -0.2) is 0 Å². The van der Waals surface area contributed by atoms with Crippen LogP contribution in [0.2, 0.25) is 0 Å². The van der Waals surface area contributed by atoms with Gasteiger partial charge in [0, 0.05) is 4.90 Å². The first-order chi connectivity index (χ1) is 8.26. The molecule has 0 heterocycles. The SMILES string of the molecule is CCc1cccc(CC)c1.Sc1ccccc1. The Hall–Kier alpha value is -1.21. The quantitative estimate of drug-likeness (QED) is 0.722. The van der Waals surface area contributed by atoms with Gasteiger partial charge in [-0.15, -0.1) is 12.6 Å². The third-order valence-electron chi connectivity index (χ3n) is 2.56. The molecule has 0 atom stereocenters. The first kappa shape index (κ1) is 13.9. The third kappa shape index (κ3) is 5.60. The molecule has 0 aliphatic rings. The summed E-state index contributed by atoms with van der Waals surface area (Å²) in [5.74, 6) is 0. The Balaban J connectivity index is 0.000000181. The Morgan fingerprint density at radius 1 is 0.765 bits per heavy atom. The van der Waals surface area contributed by atoms with Crippen LogP contribution in [0.15, 0.2) is 59.5 Å². The normalized spacial score (nSPS) is 9.35. The smallest absolute Gasteiger partial charge is 0.00399 e. The highest BCUT2D eigenvalue weighted by Crippen LogP contribution is 2.05. The number of rotatable bonds is 2. The Bertz CT molecular complexity index is 401. The predicted octanol–water partition coefficient (Wildman–Crippen LogP) is 4.79. The molecule has 17 heavy (non-hydrogen) atoms. The van der Waals surface area contributed by atoms with Gasteiger partial charge in [-0.2, -0.15) is 0 Å². The van der Waals surface area contributed by atoms with Gasteiger partial charge in [0.05, 0.1) is 0 Å². The Morgan fingerprint density at radius 3 is 1.65 bits per heavy atom. The molecule has 0 nitrogen and oxygen atoms in total. The van der Waals surface area contributed by atoms with Gasteiger partial charge in [-0.1, -0.05) is 56.3 Å². The Kier molecular flexibility index (Phi) is 6.49. The summed E-state index contributed by atoms with van der Waals surface area (Å²) in [5, 5.41) is 0. The molecule has 0 saturated carbocycles. The topological polar surface area (TPSA) is 0 Å². The van der Waals surface area contributed by atoms with E-state index in [9.17, 15) is 0 Å². The molecule has 0 fully saturated rings. The van der Waals surface area contributed by atoms with Crippen molar-refractivity contribution in [1.29, 1.82) is 0 Å². The molecule has 90 valence electrons. The molecule has 2 rings (SSSR count). The molecule has 0 aliphatic carbocycles. The molecule has 0 N–H and O–H groups in total. The van der Waals surface area contributed by atoms with Crippen LogP contribution >= 0.6 is 12.6 Å². The van der Waals surface area contributed by atoms with Gasteiger partial charge in [0.1, 0.15) is 0 Å². The summed E-state index contributed by atoms with van der Waals surface area (Å²) >= 11 is 4.08. The van der Waals surface area contributed by atoms with Gasteiger partial charge in [-0.3, -0.25) is 0 Å². The summed E-state index contributed by atoms with van der Waals surface area (Å²) in [4.78, 5) is 1.02. The van der Waals surface area contributed by atoms with Crippen LogP contribution in [0.25, 0.3) is 0 Å². The van der Waals surface area contributed by atoms with Gasteiger partial charge in [0.25, 0.3) is 0 Å². The second kappa shape index (κ2) is 7.97. The van der Waals surface area contributed by atoms with Crippen LogP contribution in [0, 0.1) is 0 Å². The maximum absolute atomic E-state index is 4.08. The minimum atomic E-state index is 1.02. The molecule has 0 amide bonds. The van der Waals surface area contributed by atoms with Crippen LogP contribution < -0.4 is 0 Å². The summed E-state index contributed by atoms with van der Waals surface area (Å²) in [6.45, 7) is 4.38. The lowest BCUT2D eigenvalue weighted by atomic mass is 10.1. The van der Waals surface area contributed by atoms with Gasteiger partial charge in [0.15, 0.2) is 0 Å². The van der Waals surface area contributed by atoms with E-state index in [1.807, 2.05) is 30.3 Å². The average Bonchev–Trinajstić information content (AvgIpc) is 2.40. The number of thiol groups is 1. The molecule has 0 radical (unpaired) electrons. The van der Waals surface area contributed by atoms with Crippen molar-refractivity contribution in [2.24, 2.45) is 0 Å². The summed E-state index contributed by atoms with van der Waals surface area (Å²) in [7, 11) is 0. The van der Waals surface area contributed by atoms with Crippen molar-refractivity contribution >= 4 is 12.6 Å². The summed E-state index contributed by atoms with van der Waals surface area (Å²) in [5.41, 5.74) is 2.89. The Morgan fingerprint density at radius 2 is 1.29 bits per heavy atom. The first-order valence-corrected chi connectivity index (χ1v) is 6.52. The van der Waals surface area contributed by atoms with E-state index in [1.54, 1.807) is 0 Å². The predicted molar refractivity (Wildman–Crippen MR) is 78.9 cm³/mol. The van der Waals surface area contributed by atoms with Crippen LogP contribution in [0.3, 0.4) is 0 Å². The lowest BCUT2D eigenvalue weighted by Gasteiger charge is -1.98. The van der Waals surface area contributed by atoms with Crippen molar-refractivity contribution < 1.29 is 0 Å². The molecule has 0 bridgehead atoms. The fourth-order valence-corrected chi connectivity index (χ4v) is 1.67. The van der Waals surface area contributed by atoms with Crippen molar-refractivity contribution in [3.8, 4) is 0 Å². The fraction of sp³-hybridized carbons (Fsp3) is 0.250. The van der Waals surface area contributed by atoms with Crippen molar-refractivity contribution in [1.82, 2.24) is 0 Å². The third-order valence-corrected chi connectivity index (χ3v) is 2.86. The van der Waals surface area contributed by atoms with Gasteiger partial charge < -0.3 is 0 Å². The van der Waals surface area contributed by atoms with Crippen LogP contribution in [-0.2, 0) is 12.8 Å². The van der Waals surface area contributed by atoms with E-state index in [2.05, 4.69) is 50.7 Å². The first-order valence-electron chi connectivity index (χ1n) is 6.08. The standard InChI is InChI=1S/C10H14.C6H6S/c1-3-9-6-5-7-10(4-2)8-9;7-6-4-2-1-3-5-6/h5-8H,3-4H2,1-2H3;1-5,7H. The second-order valence-electron chi connectivity index (χ2n) is 3.86. The second-order valence-corrected chi connectivity index (χ2v) is 4.38. The van der Waals surface area contributed by atoms with E-state index in [1.165, 1.54) is 11.1 Å². The molecular formula is C16H20S. The number of benzene rings is 2. The van der Waals surface area contributed by atoms with E-state index in [0.717, 1.165) is 17.7 Å². The lowest BCUT2D eigenvalue weighted by molar-refractivity contribution is 1.09. The number of hydrogen-bond acceptors (Lipinski definition) is 1. The summed E-state index contributed by atoms with van der Waals surface area (Å²) in [6, 6.07) is 18.6. The highest BCUT2D eigenvalue weighted by Gasteiger charge is 1.89. The van der Waals surface area contributed by atoms with Gasteiger partial charge in [-0.05, 0) is 36.1 Å².